The lowest BCUT2D eigenvalue weighted by Crippen LogP contribution is -2.45. The van der Waals surface area contributed by atoms with Gasteiger partial charge in [-0.1, -0.05) is 0 Å². The molecule has 1 aliphatic rings. The van der Waals surface area contributed by atoms with Gasteiger partial charge in [0.05, 0.1) is 6.26 Å². The molecule has 0 spiro atoms. The van der Waals surface area contributed by atoms with E-state index in [1.54, 1.807) is 13.0 Å². The zero-order chi connectivity index (χ0) is 12.3. The largest absolute Gasteiger partial charge is 0.459 e. The lowest BCUT2D eigenvalue weighted by molar-refractivity contribution is -0.122. The molecule has 2 heterocycles. The van der Waals surface area contributed by atoms with E-state index in [1.165, 1.54) is 6.26 Å². The minimum absolute atomic E-state index is 0.111. The lowest BCUT2D eigenvalue weighted by atomic mass is 10.1. The van der Waals surface area contributed by atoms with Crippen molar-refractivity contribution >= 4 is 11.8 Å². The molecular formula is C12H16N2O3. The molecule has 1 unspecified atom stereocenters. The molecule has 0 radical (unpaired) electrons. The molecule has 1 atom stereocenters. The summed E-state index contributed by atoms with van der Waals surface area (Å²) in [6, 6.07) is 1.27. The van der Waals surface area contributed by atoms with Crippen molar-refractivity contribution in [3.05, 3.63) is 23.7 Å². The van der Waals surface area contributed by atoms with Gasteiger partial charge in [0.1, 0.15) is 6.04 Å². The summed E-state index contributed by atoms with van der Waals surface area (Å²) in [6.07, 6.45) is 4.04. The van der Waals surface area contributed by atoms with Gasteiger partial charge in [-0.15, -0.1) is 0 Å². The van der Waals surface area contributed by atoms with Gasteiger partial charge in [0.15, 0.2) is 5.76 Å². The number of hydrogen-bond donors (Lipinski definition) is 2. The van der Waals surface area contributed by atoms with E-state index in [9.17, 15) is 9.59 Å². The Hall–Kier alpha value is -1.78. The molecular weight excluding hydrogens is 220 g/mol. The number of nitrogens with one attached hydrogen (secondary N) is 2. The molecule has 0 saturated carbocycles. The Balaban J connectivity index is 2.02. The average Bonchev–Trinajstić information content (AvgIpc) is 2.63. The van der Waals surface area contributed by atoms with Gasteiger partial charge in [-0.2, -0.15) is 0 Å². The van der Waals surface area contributed by atoms with E-state index in [4.69, 9.17) is 4.42 Å². The monoisotopic (exact) mass is 236 g/mol. The first-order valence-corrected chi connectivity index (χ1v) is 5.81. The van der Waals surface area contributed by atoms with Gasteiger partial charge in [0, 0.05) is 12.1 Å². The molecule has 1 fully saturated rings. The lowest BCUT2D eigenvalue weighted by Gasteiger charge is -2.14. The second-order valence-electron chi connectivity index (χ2n) is 4.25. The summed E-state index contributed by atoms with van der Waals surface area (Å²) in [5.41, 5.74) is 0.775. The van der Waals surface area contributed by atoms with E-state index < -0.39 is 6.04 Å². The predicted octanol–water partition coefficient (Wildman–Crippen LogP) is 0.987. The van der Waals surface area contributed by atoms with Crippen molar-refractivity contribution in [2.24, 2.45) is 0 Å². The van der Waals surface area contributed by atoms with E-state index in [-0.39, 0.29) is 17.6 Å². The van der Waals surface area contributed by atoms with Crippen molar-refractivity contribution in [3.8, 4) is 0 Å². The minimum Gasteiger partial charge on any atom is -0.459 e. The Kier molecular flexibility index (Phi) is 3.46. The van der Waals surface area contributed by atoms with Gasteiger partial charge in [0.2, 0.25) is 5.91 Å². The van der Waals surface area contributed by atoms with Crippen LogP contribution < -0.4 is 10.6 Å². The van der Waals surface area contributed by atoms with Gasteiger partial charge in [0.25, 0.3) is 5.91 Å². The van der Waals surface area contributed by atoms with Crippen molar-refractivity contribution < 1.29 is 14.0 Å². The van der Waals surface area contributed by atoms with Crippen molar-refractivity contribution in [1.82, 2.24) is 10.6 Å². The highest BCUT2D eigenvalue weighted by Crippen LogP contribution is 2.11. The van der Waals surface area contributed by atoms with E-state index in [2.05, 4.69) is 10.6 Å². The van der Waals surface area contributed by atoms with Crippen molar-refractivity contribution in [2.45, 2.75) is 32.2 Å². The summed E-state index contributed by atoms with van der Waals surface area (Å²) in [6.45, 7) is 2.48. The maximum absolute atomic E-state index is 11.9. The normalized spacial score (nSPS) is 20.5. The number of rotatable bonds is 2. The Morgan fingerprint density at radius 3 is 3.06 bits per heavy atom. The number of amides is 2. The first-order chi connectivity index (χ1) is 8.18. The molecule has 1 saturated heterocycles. The smallest absolute Gasteiger partial charge is 0.287 e. The summed E-state index contributed by atoms with van der Waals surface area (Å²) in [7, 11) is 0. The van der Waals surface area contributed by atoms with Crippen molar-refractivity contribution in [3.63, 3.8) is 0 Å². The van der Waals surface area contributed by atoms with Crippen LogP contribution in [0.15, 0.2) is 16.7 Å². The maximum atomic E-state index is 11.9. The first-order valence-electron chi connectivity index (χ1n) is 5.81. The fourth-order valence-electron chi connectivity index (χ4n) is 1.91. The third-order valence-electron chi connectivity index (χ3n) is 2.91. The molecule has 5 nitrogen and oxygen atoms in total. The zero-order valence-corrected chi connectivity index (χ0v) is 9.79. The van der Waals surface area contributed by atoms with Gasteiger partial charge >= 0.3 is 0 Å². The fourth-order valence-corrected chi connectivity index (χ4v) is 1.91. The van der Waals surface area contributed by atoms with E-state index in [1.807, 2.05) is 0 Å². The quantitative estimate of drug-likeness (QED) is 0.804. The van der Waals surface area contributed by atoms with Gasteiger partial charge in [-0.25, -0.2) is 0 Å². The Morgan fingerprint density at radius 2 is 2.35 bits per heavy atom. The summed E-state index contributed by atoms with van der Waals surface area (Å²) in [5.74, 6) is -0.156. The number of furan rings is 1. The third-order valence-corrected chi connectivity index (χ3v) is 2.91. The molecule has 92 valence electrons. The van der Waals surface area contributed by atoms with Crippen LogP contribution in [-0.2, 0) is 4.79 Å². The van der Waals surface area contributed by atoms with Crippen LogP contribution in [0.3, 0.4) is 0 Å². The van der Waals surface area contributed by atoms with E-state index in [0.29, 0.717) is 13.0 Å². The molecule has 0 bridgehead atoms. The Bertz CT molecular complexity index is 425. The predicted molar refractivity (Wildman–Crippen MR) is 61.6 cm³/mol. The molecule has 2 rings (SSSR count). The van der Waals surface area contributed by atoms with Gasteiger partial charge < -0.3 is 15.1 Å². The molecule has 0 aliphatic carbocycles. The molecule has 0 aromatic carbocycles. The van der Waals surface area contributed by atoms with Crippen LogP contribution in [0.4, 0.5) is 0 Å². The molecule has 1 aliphatic heterocycles. The second kappa shape index (κ2) is 5.03. The minimum atomic E-state index is -0.450. The standard InChI is InChI=1S/C12H16N2O3/c1-8-5-7-17-10(8)12(16)14-9-4-2-3-6-13-11(9)15/h5,7,9H,2-4,6H2,1H3,(H,13,15)(H,14,16). The van der Waals surface area contributed by atoms with Gasteiger partial charge in [-0.05, 0) is 32.3 Å². The van der Waals surface area contributed by atoms with Crippen LogP contribution >= 0.6 is 0 Å². The second-order valence-corrected chi connectivity index (χ2v) is 4.25. The Labute approximate surface area is 99.6 Å². The average molecular weight is 236 g/mol. The van der Waals surface area contributed by atoms with E-state index in [0.717, 1.165) is 18.4 Å². The topological polar surface area (TPSA) is 71.3 Å². The third kappa shape index (κ3) is 2.67. The summed E-state index contributed by atoms with van der Waals surface area (Å²) >= 11 is 0. The van der Waals surface area contributed by atoms with Gasteiger partial charge in [-0.3, -0.25) is 9.59 Å². The summed E-state index contributed by atoms with van der Waals surface area (Å²) in [4.78, 5) is 23.5. The van der Waals surface area contributed by atoms with Crippen LogP contribution in [0.5, 0.6) is 0 Å². The molecule has 5 heteroatoms. The van der Waals surface area contributed by atoms with Crippen LogP contribution in [0.1, 0.15) is 35.4 Å². The molecule has 1 aromatic rings. The SMILES string of the molecule is Cc1ccoc1C(=O)NC1CCCCNC1=O. The van der Waals surface area contributed by atoms with Crippen molar-refractivity contribution in [2.75, 3.05) is 6.54 Å². The number of aryl methyl sites for hydroxylation is 1. The molecule has 2 amide bonds. The molecule has 1 aromatic heterocycles. The molecule has 17 heavy (non-hydrogen) atoms. The van der Waals surface area contributed by atoms with Crippen LogP contribution in [0.25, 0.3) is 0 Å². The maximum Gasteiger partial charge on any atom is 0.287 e. The Morgan fingerprint density at radius 1 is 1.53 bits per heavy atom. The summed E-state index contributed by atoms with van der Waals surface area (Å²) in [5, 5.41) is 5.48. The zero-order valence-electron chi connectivity index (χ0n) is 9.79. The highest BCUT2D eigenvalue weighted by Gasteiger charge is 2.24. The van der Waals surface area contributed by atoms with Crippen LogP contribution in [0, 0.1) is 6.92 Å². The number of hydrogen-bond acceptors (Lipinski definition) is 3. The highest BCUT2D eigenvalue weighted by atomic mass is 16.3. The van der Waals surface area contributed by atoms with Crippen LogP contribution in [-0.4, -0.2) is 24.4 Å². The summed E-state index contributed by atoms with van der Waals surface area (Å²) < 4.78 is 5.09. The van der Waals surface area contributed by atoms with Crippen molar-refractivity contribution in [1.29, 1.82) is 0 Å². The number of carbonyl (C=O) groups is 2. The first kappa shape index (κ1) is 11.7. The van der Waals surface area contributed by atoms with Crippen LogP contribution in [0.2, 0.25) is 0 Å². The fraction of sp³-hybridized carbons (Fsp3) is 0.500. The van der Waals surface area contributed by atoms with E-state index >= 15 is 0 Å². The number of carbonyl (C=O) groups excluding carboxylic acids is 2. The highest BCUT2D eigenvalue weighted by molar-refractivity contribution is 5.96. The molecule has 2 N–H and O–H groups in total.